The molecular formula is C36H10N10O. The maximum Gasteiger partial charge on any atom is 0.198 e. The maximum atomic E-state index is 10.4. The van der Waals surface area contributed by atoms with Crippen LogP contribution in [0.4, 0.5) is 11.4 Å². The smallest absolute Gasteiger partial charge is 0.198 e. The topological polar surface area (TPSA) is 190 Å². The van der Waals surface area contributed by atoms with E-state index in [9.17, 15) is 31.6 Å². The van der Waals surface area contributed by atoms with Crippen molar-refractivity contribution < 1.29 is 9.90 Å². The summed E-state index contributed by atoms with van der Waals surface area (Å²) >= 11 is 0. The van der Waals surface area contributed by atoms with Gasteiger partial charge >= 0.3 is 0 Å². The van der Waals surface area contributed by atoms with Gasteiger partial charge in [0, 0.05) is 61.2 Å². The number of hydrogen-bond acceptors (Lipinski definition) is 9. The molecule has 11 nitrogen and oxygen atoms in total. The number of nitrogens with zero attached hydrogens (tertiary/aromatic N) is 10. The first-order valence-corrected chi connectivity index (χ1v) is 13.0. The van der Waals surface area contributed by atoms with E-state index < -0.39 is 57.8 Å². The summed E-state index contributed by atoms with van der Waals surface area (Å²) in [6, 6.07) is 13.0. The third-order valence-corrected chi connectivity index (χ3v) is 7.13. The molecule has 0 fully saturated rings. The molecule has 0 N–H and O–H groups in total. The molecule has 0 spiro atoms. The van der Waals surface area contributed by atoms with Crippen molar-refractivity contribution in [2.24, 2.45) is 0 Å². The molecule has 0 saturated heterocycles. The van der Waals surface area contributed by atoms with Crippen LogP contribution in [0.15, 0.2) is 65.4 Å². The minimum atomic E-state index is -0.617. The Bertz CT molecular complexity index is 2840. The second kappa shape index (κ2) is 11.4. The highest BCUT2D eigenvalue weighted by Gasteiger charge is 2.20. The third-order valence-electron chi connectivity index (χ3n) is 7.13. The quantitative estimate of drug-likeness (QED) is 0.180. The average Bonchev–Trinajstić information content (AvgIpc) is 3.64. The zero-order valence-corrected chi connectivity index (χ0v) is 23.3. The molecule has 6 aromatic rings. The first kappa shape index (κ1) is 24.2. The molecule has 47 heavy (non-hydrogen) atoms. The fourth-order valence-corrected chi connectivity index (χ4v) is 5.19. The Morgan fingerprint density at radius 1 is 0.681 bits per heavy atom. The van der Waals surface area contributed by atoms with Gasteiger partial charge in [-0.05, 0) is 42.4 Å². The van der Waals surface area contributed by atoms with Crippen LogP contribution >= 0.6 is 0 Å². The van der Waals surface area contributed by atoms with Gasteiger partial charge in [-0.15, -0.1) is 0 Å². The monoisotopic (exact) mass is 602 g/mol. The van der Waals surface area contributed by atoms with Crippen molar-refractivity contribution in [1.29, 1.82) is 31.6 Å². The van der Waals surface area contributed by atoms with Crippen molar-refractivity contribution >= 4 is 55.3 Å². The average molecular weight is 603 g/mol. The molecule has 0 aliphatic rings. The van der Waals surface area contributed by atoms with Crippen LogP contribution in [0.2, 0.25) is 0 Å². The Hall–Kier alpha value is -8.32. The summed E-state index contributed by atoms with van der Waals surface area (Å²) in [5.41, 5.74) is -3.13. The largest absolute Gasteiger partial charge is 0.462 e. The highest BCUT2D eigenvalue weighted by Crippen LogP contribution is 2.35. The van der Waals surface area contributed by atoms with Crippen LogP contribution in [-0.4, -0.2) is 9.97 Å². The Morgan fingerprint density at radius 2 is 1.17 bits per heavy atom. The van der Waals surface area contributed by atoms with Crippen LogP contribution in [0.3, 0.4) is 0 Å². The van der Waals surface area contributed by atoms with Crippen molar-refractivity contribution in [3.63, 3.8) is 0 Å². The van der Waals surface area contributed by atoms with Crippen molar-refractivity contribution in [1.82, 2.24) is 9.97 Å². The second-order valence-electron chi connectivity index (χ2n) is 9.50. The molecular weight excluding hydrogens is 588 g/mol. The highest BCUT2D eigenvalue weighted by molar-refractivity contribution is 6.21. The standard InChI is InChI=1S/C36H10N10O/c1-43-30-7-19(11-37)5-21(13-39)32(30)28(15-41)23-9-26-27-10-24(18-46-35(27)36-25(3-4-47-36)34(26)45-17-23)29(16-42)33-22(14-40)6-20(12-38)8-31(33)44-2/h3-10,17-18H/b28-23-,29-24-/i5D,6D,7D,8D. The summed E-state index contributed by atoms with van der Waals surface area (Å²) in [5.74, 6) is 0. The Labute approximate surface area is 270 Å². The van der Waals surface area contributed by atoms with Gasteiger partial charge in [0.15, 0.2) is 17.0 Å². The molecule has 0 aliphatic carbocycles. The van der Waals surface area contributed by atoms with Crippen LogP contribution in [0.25, 0.3) is 53.6 Å². The van der Waals surface area contributed by atoms with Gasteiger partial charge in [-0.1, -0.05) is 0 Å². The van der Waals surface area contributed by atoms with Gasteiger partial charge in [-0.3, -0.25) is 9.97 Å². The predicted molar refractivity (Wildman–Crippen MR) is 167 cm³/mol. The Balaban J connectivity index is 1.83. The number of rotatable bonds is 2. The molecule has 0 radical (unpaired) electrons. The van der Waals surface area contributed by atoms with E-state index in [0.29, 0.717) is 27.3 Å². The number of fused-ring (bicyclic) bond motifs is 6. The lowest BCUT2D eigenvalue weighted by molar-refractivity contribution is 0.618. The van der Waals surface area contributed by atoms with E-state index in [2.05, 4.69) is 19.7 Å². The fraction of sp³-hybridized carbons (Fsp3) is 0. The minimum Gasteiger partial charge on any atom is -0.462 e. The van der Waals surface area contributed by atoms with Crippen LogP contribution < -0.4 is 10.4 Å². The number of hydrogen-bond donors (Lipinski definition) is 0. The van der Waals surface area contributed by atoms with E-state index in [1.54, 1.807) is 30.3 Å². The highest BCUT2D eigenvalue weighted by atomic mass is 16.3. The van der Waals surface area contributed by atoms with E-state index in [0.717, 1.165) is 0 Å². The zero-order chi connectivity index (χ0) is 36.7. The van der Waals surface area contributed by atoms with Gasteiger partial charge in [-0.2, -0.15) is 31.6 Å². The molecule has 0 atom stereocenters. The maximum absolute atomic E-state index is 10.4. The summed E-state index contributed by atoms with van der Waals surface area (Å²) in [5, 5.41) is 61.0. The number of benzene rings is 3. The SMILES string of the molecule is [2H]c1c(C#N)c([2H])c([N+]#[C-])c(/C(C#N)=c2\cnc3c(c2)c2c/c(=C(\C#N)c4c(C#N)c([2H])c(C#N)c([2H])c4[N+]#[C-])cnc2c2occc32)c1C#N. The first-order valence-electron chi connectivity index (χ1n) is 15.0. The van der Waals surface area contributed by atoms with E-state index in [4.69, 9.17) is 23.0 Å². The molecule has 0 unspecified atom stereocenters. The molecule has 210 valence electrons. The molecule has 0 aliphatic heterocycles. The summed E-state index contributed by atoms with van der Waals surface area (Å²) in [7, 11) is 0. The number of furan rings is 1. The number of aromatic nitrogens is 2. The second-order valence-corrected chi connectivity index (χ2v) is 9.50. The molecule has 0 bridgehead atoms. The molecule has 0 amide bonds. The lowest BCUT2D eigenvalue weighted by Crippen LogP contribution is -2.11. The van der Waals surface area contributed by atoms with Gasteiger partial charge in [0.05, 0.1) is 89.1 Å². The van der Waals surface area contributed by atoms with Crippen molar-refractivity contribution in [2.45, 2.75) is 0 Å². The van der Waals surface area contributed by atoms with E-state index in [1.807, 2.05) is 12.1 Å². The molecule has 3 heterocycles. The summed E-state index contributed by atoms with van der Waals surface area (Å²) in [6.45, 7) is 15.4. The summed E-state index contributed by atoms with van der Waals surface area (Å²) in [4.78, 5) is 15.8. The lowest BCUT2D eigenvalue weighted by atomic mass is 9.94. The van der Waals surface area contributed by atoms with E-state index in [-0.39, 0.29) is 38.2 Å². The molecule has 3 aromatic carbocycles. The summed E-state index contributed by atoms with van der Waals surface area (Å²) < 4.78 is 39.2. The van der Waals surface area contributed by atoms with E-state index in [1.165, 1.54) is 30.8 Å². The first-order chi connectivity index (χ1) is 24.6. The van der Waals surface area contributed by atoms with Crippen LogP contribution in [-0.2, 0) is 0 Å². The fourth-order valence-electron chi connectivity index (χ4n) is 5.19. The normalized spacial score (nSPS) is 12.7. The van der Waals surface area contributed by atoms with Gasteiger partial charge in [-0.25, -0.2) is 9.69 Å². The lowest BCUT2D eigenvalue weighted by Gasteiger charge is -2.09. The van der Waals surface area contributed by atoms with Gasteiger partial charge in [0.1, 0.15) is 5.52 Å². The van der Waals surface area contributed by atoms with Gasteiger partial charge in [0.25, 0.3) is 0 Å². The van der Waals surface area contributed by atoms with E-state index >= 15 is 0 Å². The number of nitriles is 6. The van der Waals surface area contributed by atoms with Gasteiger partial charge < -0.3 is 4.42 Å². The van der Waals surface area contributed by atoms with Crippen molar-refractivity contribution in [2.75, 3.05) is 0 Å². The van der Waals surface area contributed by atoms with Gasteiger partial charge in [0.2, 0.25) is 0 Å². The summed E-state index contributed by atoms with van der Waals surface area (Å²) in [6.07, 6.45) is 3.98. The van der Waals surface area contributed by atoms with Crippen molar-refractivity contribution in [3.8, 4) is 36.4 Å². The minimum absolute atomic E-state index is 0.0591. The Morgan fingerprint density at radius 3 is 1.62 bits per heavy atom. The molecule has 11 heteroatoms. The molecule has 0 saturated carbocycles. The van der Waals surface area contributed by atoms with Crippen molar-refractivity contribution in [3.05, 3.63) is 128 Å². The zero-order valence-electron chi connectivity index (χ0n) is 27.3. The van der Waals surface area contributed by atoms with Crippen LogP contribution in [0, 0.1) is 81.1 Å². The third kappa shape index (κ3) is 4.46. The van der Waals surface area contributed by atoms with Crippen LogP contribution in [0.5, 0.6) is 0 Å². The van der Waals surface area contributed by atoms with Crippen LogP contribution in [0.1, 0.15) is 38.9 Å². The molecule has 3 aromatic heterocycles. The predicted octanol–water partition coefficient (Wildman–Crippen LogP) is 5.56. The number of pyridine rings is 2. The molecule has 6 rings (SSSR count). The Kier molecular flexibility index (Phi) is 5.86.